The molecule has 0 radical (unpaired) electrons. The maximum absolute atomic E-state index is 13.9. The number of rotatable bonds is 6. The van der Waals surface area contributed by atoms with E-state index in [1.54, 1.807) is 44.2 Å². The summed E-state index contributed by atoms with van der Waals surface area (Å²) in [6.07, 6.45) is 0.426. The minimum absolute atomic E-state index is 0.0588. The van der Waals surface area contributed by atoms with Crippen LogP contribution in [0.2, 0.25) is 0 Å². The standard InChI is InChI=1S/C21H21FN2O4S/c1-13-11-16(29(23,26)27)12-19(14(13)2)24-21(25)10-8-15-7-9-20(28-15)17-5-3-4-6-18(17)22/h3-7,9,11-12H,8,10H2,1-2H3,(H,24,25)(H2,23,26,27). The molecule has 0 bridgehead atoms. The summed E-state index contributed by atoms with van der Waals surface area (Å²) in [5.74, 6) is 0.255. The van der Waals surface area contributed by atoms with E-state index in [1.807, 2.05) is 0 Å². The molecule has 2 aromatic carbocycles. The van der Waals surface area contributed by atoms with Crippen LogP contribution in [-0.4, -0.2) is 14.3 Å². The monoisotopic (exact) mass is 416 g/mol. The SMILES string of the molecule is Cc1cc(S(N)(=O)=O)cc(NC(=O)CCc2ccc(-c3ccccc3F)o2)c1C. The van der Waals surface area contributed by atoms with Gasteiger partial charge < -0.3 is 9.73 Å². The van der Waals surface area contributed by atoms with Crippen LogP contribution in [0, 0.1) is 19.7 Å². The van der Waals surface area contributed by atoms with Gasteiger partial charge in [0.15, 0.2) is 0 Å². The van der Waals surface area contributed by atoms with Crippen LogP contribution in [0.3, 0.4) is 0 Å². The van der Waals surface area contributed by atoms with E-state index in [0.29, 0.717) is 34.8 Å². The van der Waals surface area contributed by atoms with Gasteiger partial charge in [0.1, 0.15) is 17.3 Å². The number of amides is 1. The third-order valence-electron chi connectivity index (χ3n) is 4.64. The van der Waals surface area contributed by atoms with Crippen LogP contribution in [0.4, 0.5) is 10.1 Å². The molecule has 0 fully saturated rings. The molecule has 8 heteroatoms. The van der Waals surface area contributed by atoms with Crippen LogP contribution in [0.5, 0.6) is 0 Å². The van der Waals surface area contributed by atoms with E-state index < -0.39 is 10.0 Å². The van der Waals surface area contributed by atoms with Gasteiger partial charge in [0.2, 0.25) is 15.9 Å². The molecule has 29 heavy (non-hydrogen) atoms. The van der Waals surface area contributed by atoms with Gasteiger partial charge in [-0.3, -0.25) is 4.79 Å². The molecule has 0 aliphatic heterocycles. The number of carbonyl (C=O) groups excluding carboxylic acids is 1. The highest BCUT2D eigenvalue weighted by molar-refractivity contribution is 7.89. The fraction of sp³-hybridized carbons (Fsp3) is 0.190. The summed E-state index contributed by atoms with van der Waals surface area (Å²) in [5.41, 5.74) is 2.21. The topological polar surface area (TPSA) is 102 Å². The molecule has 3 aromatic rings. The molecular weight excluding hydrogens is 395 g/mol. The zero-order valence-corrected chi connectivity index (χ0v) is 16.8. The number of furan rings is 1. The summed E-state index contributed by atoms with van der Waals surface area (Å²) < 4.78 is 42.7. The fourth-order valence-electron chi connectivity index (χ4n) is 2.89. The van der Waals surface area contributed by atoms with E-state index in [-0.39, 0.29) is 23.0 Å². The van der Waals surface area contributed by atoms with E-state index in [0.717, 1.165) is 5.56 Å². The van der Waals surface area contributed by atoms with Gasteiger partial charge >= 0.3 is 0 Å². The van der Waals surface area contributed by atoms with Gasteiger partial charge in [-0.25, -0.2) is 17.9 Å². The Hall–Kier alpha value is -2.97. The molecule has 0 aliphatic carbocycles. The van der Waals surface area contributed by atoms with E-state index >= 15 is 0 Å². The third-order valence-corrected chi connectivity index (χ3v) is 5.54. The van der Waals surface area contributed by atoms with Crippen molar-refractivity contribution in [3.63, 3.8) is 0 Å². The van der Waals surface area contributed by atoms with Gasteiger partial charge in [-0.1, -0.05) is 12.1 Å². The van der Waals surface area contributed by atoms with Crippen LogP contribution in [0.15, 0.2) is 57.8 Å². The van der Waals surface area contributed by atoms with Gasteiger partial charge in [0.25, 0.3) is 0 Å². The highest BCUT2D eigenvalue weighted by Gasteiger charge is 2.15. The van der Waals surface area contributed by atoms with Gasteiger partial charge in [0, 0.05) is 18.5 Å². The van der Waals surface area contributed by atoms with Gasteiger partial charge in [-0.2, -0.15) is 0 Å². The molecule has 3 rings (SSSR count). The number of hydrogen-bond acceptors (Lipinski definition) is 4. The molecule has 0 unspecified atom stereocenters. The summed E-state index contributed by atoms with van der Waals surface area (Å²) in [6.45, 7) is 3.53. The number of aryl methyl sites for hydroxylation is 2. The van der Waals surface area contributed by atoms with Crippen molar-refractivity contribution in [3.8, 4) is 11.3 Å². The Morgan fingerprint density at radius 2 is 1.86 bits per heavy atom. The Labute approximate surface area is 168 Å². The summed E-state index contributed by atoms with van der Waals surface area (Å²) in [5, 5.41) is 7.91. The zero-order valence-electron chi connectivity index (χ0n) is 16.0. The molecule has 0 atom stereocenters. The van der Waals surface area contributed by atoms with E-state index in [9.17, 15) is 17.6 Å². The molecule has 1 amide bonds. The molecule has 0 spiro atoms. The summed E-state index contributed by atoms with van der Waals surface area (Å²) in [6, 6.07) is 12.5. The first-order chi connectivity index (χ1) is 13.6. The lowest BCUT2D eigenvalue weighted by atomic mass is 10.1. The molecule has 0 saturated heterocycles. The Kier molecular flexibility index (Phi) is 5.86. The molecule has 0 aliphatic rings. The number of carbonyl (C=O) groups is 1. The Morgan fingerprint density at radius 1 is 1.14 bits per heavy atom. The van der Waals surface area contributed by atoms with Crippen molar-refractivity contribution in [2.45, 2.75) is 31.6 Å². The van der Waals surface area contributed by atoms with Crippen LogP contribution in [-0.2, 0) is 21.2 Å². The highest BCUT2D eigenvalue weighted by Crippen LogP contribution is 2.26. The maximum atomic E-state index is 13.9. The van der Waals surface area contributed by atoms with Crippen molar-refractivity contribution < 1.29 is 22.0 Å². The van der Waals surface area contributed by atoms with E-state index in [1.165, 1.54) is 18.2 Å². The highest BCUT2D eigenvalue weighted by atomic mass is 32.2. The minimum Gasteiger partial charge on any atom is -0.461 e. The Balaban J connectivity index is 1.68. The molecule has 152 valence electrons. The Morgan fingerprint density at radius 3 is 2.55 bits per heavy atom. The lowest BCUT2D eigenvalue weighted by Gasteiger charge is -2.12. The van der Waals surface area contributed by atoms with Crippen LogP contribution >= 0.6 is 0 Å². The average molecular weight is 416 g/mol. The molecular formula is C21H21FN2O4S. The molecule has 1 heterocycles. The van der Waals surface area contributed by atoms with Crippen molar-refractivity contribution in [3.05, 3.63) is 71.2 Å². The predicted molar refractivity (Wildman–Crippen MR) is 108 cm³/mol. The fourth-order valence-corrected chi connectivity index (χ4v) is 3.51. The van der Waals surface area contributed by atoms with Crippen molar-refractivity contribution in [2.24, 2.45) is 5.14 Å². The quantitative estimate of drug-likeness (QED) is 0.636. The largest absolute Gasteiger partial charge is 0.461 e. The molecule has 1 aromatic heterocycles. The summed E-state index contributed by atoms with van der Waals surface area (Å²) in [4.78, 5) is 12.3. The van der Waals surface area contributed by atoms with Crippen LogP contribution < -0.4 is 10.5 Å². The van der Waals surface area contributed by atoms with Crippen molar-refractivity contribution >= 4 is 21.6 Å². The summed E-state index contributed by atoms with van der Waals surface area (Å²) in [7, 11) is -3.88. The normalized spacial score (nSPS) is 11.4. The van der Waals surface area contributed by atoms with Crippen LogP contribution in [0.25, 0.3) is 11.3 Å². The van der Waals surface area contributed by atoms with Gasteiger partial charge in [-0.05, 0) is 61.4 Å². The third kappa shape index (κ3) is 4.90. The second-order valence-corrected chi connectivity index (χ2v) is 8.31. The number of nitrogens with one attached hydrogen (secondary N) is 1. The van der Waals surface area contributed by atoms with Gasteiger partial charge in [-0.15, -0.1) is 0 Å². The number of nitrogens with two attached hydrogens (primary N) is 1. The lowest BCUT2D eigenvalue weighted by Crippen LogP contribution is -2.16. The van der Waals surface area contributed by atoms with E-state index in [2.05, 4.69) is 5.32 Å². The maximum Gasteiger partial charge on any atom is 0.238 e. The molecule has 3 N–H and O–H groups in total. The molecule has 6 nitrogen and oxygen atoms in total. The van der Waals surface area contributed by atoms with Gasteiger partial charge in [0.05, 0.1) is 10.5 Å². The number of sulfonamides is 1. The van der Waals surface area contributed by atoms with Crippen molar-refractivity contribution in [1.82, 2.24) is 0 Å². The van der Waals surface area contributed by atoms with Crippen LogP contribution in [0.1, 0.15) is 23.3 Å². The predicted octanol–water partition coefficient (Wildman–Crippen LogP) is 3.92. The minimum atomic E-state index is -3.88. The number of primary sulfonamides is 1. The number of benzene rings is 2. The zero-order chi connectivity index (χ0) is 21.2. The van der Waals surface area contributed by atoms with E-state index in [4.69, 9.17) is 9.56 Å². The van der Waals surface area contributed by atoms with Crippen molar-refractivity contribution in [1.29, 1.82) is 0 Å². The second kappa shape index (κ2) is 8.18. The number of halogens is 1. The first-order valence-corrected chi connectivity index (χ1v) is 10.5. The first-order valence-electron chi connectivity index (χ1n) is 8.92. The number of anilines is 1. The Bertz CT molecular complexity index is 1170. The number of hydrogen-bond donors (Lipinski definition) is 2. The van der Waals surface area contributed by atoms with Crippen molar-refractivity contribution in [2.75, 3.05) is 5.32 Å². The first kappa shape index (κ1) is 20.8. The molecule has 0 saturated carbocycles. The summed E-state index contributed by atoms with van der Waals surface area (Å²) >= 11 is 0. The second-order valence-electron chi connectivity index (χ2n) is 6.75. The smallest absolute Gasteiger partial charge is 0.238 e. The lowest BCUT2D eigenvalue weighted by molar-refractivity contribution is -0.116. The average Bonchev–Trinajstić information content (AvgIpc) is 3.12.